The molecule has 1 aromatic rings. The van der Waals surface area contributed by atoms with Crippen LogP contribution in [0.15, 0.2) is 5.38 Å². The zero-order valence-electron chi connectivity index (χ0n) is 9.45. The molecular formula is C12H18N2OS. The molecule has 1 N–H and O–H groups in total. The van der Waals surface area contributed by atoms with Crippen LogP contribution in [0.2, 0.25) is 0 Å². The lowest BCUT2D eigenvalue weighted by Crippen LogP contribution is -2.42. The van der Waals surface area contributed by atoms with E-state index in [1.165, 1.54) is 30.0 Å². The van der Waals surface area contributed by atoms with Gasteiger partial charge in [0.2, 0.25) is 0 Å². The Morgan fingerprint density at radius 2 is 2.44 bits per heavy atom. The number of morpholine rings is 1. The lowest BCUT2D eigenvalue weighted by atomic mass is 9.83. The molecular weight excluding hydrogens is 220 g/mol. The van der Waals surface area contributed by atoms with Gasteiger partial charge in [-0.15, -0.1) is 11.3 Å². The molecule has 4 heteroatoms. The van der Waals surface area contributed by atoms with Gasteiger partial charge >= 0.3 is 0 Å². The Labute approximate surface area is 100 Å². The van der Waals surface area contributed by atoms with E-state index in [4.69, 9.17) is 9.72 Å². The van der Waals surface area contributed by atoms with Crippen LogP contribution in [0.1, 0.15) is 35.9 Å². The molecule has 1 aromatic heterocycles. The minimum Gasteiger partial charge on any atom is -0.379 e. The van der Waals surface area contributed by atoms with Gasteiger partial charge in [-0.1, -0.05) is 6.42 Å². The third kappa shape index (κ3) is 2.29. The van der Waals surface area contributed by atoms with Gasteiger partial charge in [-0.05, 0) is 12.8 Å². The summed E-state index contributed by atoms with van der Waals surface area (Å²) in [5, 5.41) is 7.00. The number of nitrogens with zero attached hydrogens (tertiary/aromatic N) is 1. The summed E-state index contributed by atoms with van der Waals surface area (Å²) >= 11 is 1.81. The molecule has 1 aliphatic carbocycles. The molecule has 1 atom stereocenters. The maximum Gasteiger partial charge on any atom is 0.0944 e. The van der Waals surface area contributed by atoms with Gasteiger partial charge in [-0.2, -0.15) is 0 Å². The second-order valence-electron chi connectivity index (χ2n) is 4.72. The normalized spacial score (nSPS) is 26.6. The Morgan fingerprint density at radius 3 is 3.12 bits per heavy atom. The molecule has 1 saturated heterocycles. The smallest absolute Gasteiger partial charge is 0.0944 e. The fraction of sp³-hybridized carbons (Fsp3) is 0.750. The molecule has 2 heterocycles. The minimum absolute atomic E-state index is 0.467. The number of rotatable bonds is 3. The van der Waals surface area contributed by atoms with E-state index in [0.29, 0.717) is 6.04 Å². The first-order valence-electron chi connectivity index (χ1n) is 6.17. The Hall–Kier alpha value is -0.450. The van der Waals surface area contributed by atoms with E-state index < -0.39 is 0 Å². The van der Waals surface area contributed by atoms with E-state index in [1.807, 2.05) is 11.3 Å². The minimum atomic E-state index is 0.467. The second-order valence-corrected chi connectivity index (χ2v) is 5.67. The summed E-state index contributed by atoms with van der Waals surface area (Å²) in [6.07, 6.45) is 5.09. The van der Waals surface area contributed by atoms with E-state index >= 15 is 0 Å². The summed E-state index contributed by atoms with van der Waals surface area (Å²) in [5.74, 6) is 0.764. The van der Waals surface area contributed by atoms with Crippen LogP contribution in [0.4, 0.5) is 0 Å². The van der Waals surface area contributed by atoms with Crippen LogP contribution in [-0.4, -0.2) is 30.8 Å². The van der Waals surface area contributed by atoms with Crippen molar-refractivity contribution in [2.45, 2.75) is 37.6 Å². The summed E-state index contributed by atoms with van der Waals surface area (Å²) in [7, 11) is 0. The summed E-state index contributed by atoms with van der Waals surface area (Å²) in [6, 6.07) is 0.467. The molecule has 16 heavy (non-hydrogen) atoms. The standard InChI is InChI=1S/C12H18N2OS/c1-2-9(3-1)11-8-16-12(14-11)6-10-7-15-5-4-13-10/h8-10,13H,1-7H2. The molecule has 3 rings (SSSR count). The number of hydrogen-bond acceptors (Lipinski definition) is 4. The highest BCUT2D eigenvalue weighted by Gasteiger charge is 2.23. The average molecular weight is 238 g/mol. The molecule has 0 aromatic carbocycles. The van der Waals surface area contributed by atoms with Gasteiger partial charge in [-0.3, -0.25) is 0 Å². The molecule has 0 radical (unpaired) electrons. The van der Waals surface area contributed by atoms with Gasteiger partial charge in [0.25, 0.3) is 0 Å². The summed E-state index contributed by atoms with van der Waals surface area (Å²) in [4.78, 5) is 4.75. The van der Waals surface area contributed by atoms with Gasteiger partial charge in [0.1, 0.15) is 0 Å². The predicted octanol–water partition coefficient (Wildman–Crippen LogP) is 1.94. The number of nitrogens with one attached hydrogen (secondary N) is 1. The predicted molar refractivity (Wildman–Crippen MR) is 65.0 cm³/mol. The van der Waals surface area contributed by atoms with Gasteiger partial charge in [0.05, 0.1) is 23.9 Å². The monoisotopic (exact) mass is 238 g/mol. The Morgan fingerprint density at radius 1 is 1.50 bits per heavy atom. The fourth-order valence-corrected chi connectivity index (χ4v) is 3.23. The molecule has 2 fully saturated rings. The Kier molecular flexibility index (Phi) is 3.22. The van der Waals surface area contributed by atoms with Crippen LogP contribution in [0.5, 0.6) is 0 Å². The summed E-state index contributed by atoms with van der Waals surface area (Å²) in [6.45, 7) is 2.66. The Balaban J connectivity index is 1.58. The number of thiazole rings is 1. The van der Waals surface area contributed by atoms with E-state index in [1.54, 1.807) is 0 Å². The van der Waals surface area contributed by atoms with Crippen LogP contribution >= 0.6 is 11.3 Å². The van der Waals surface area contributed by atoms with Gasteiger partial charge in [0, 0.05) is 30.3 Å². The first kappa shape index (κ1) is 10.7. The Bertz CT molecular complexity index is 343. The average Bonchev–Trinajstić information content (AvgIpc) is 2.65. The molecule has 1 unspecified atom stereocenters. The van der Waals surface area contributed by atoms with Crippen LogP contribution < -0.4 is 5.32 Å². The van der Waals surface area contributed by atoms with Crippen molar-refractivity contribution < 1.29 is 4.74 Å². The summed E-state index contributed by atoms with van der Waals surface area (Å²) in [5.41, 5.74) is 1.34. The van der Waals surface area contributed by atoms with E-state index in [-0.39, 0.29) is 0 Å². The van der Waals surface area contributed by atoms with Crippen molar-refractivity contribution in [2.24, 2.45) is 0 Å². The highest BCUT2D eigenvalue weighted by molar-refractivity contribution is 7.09. The highest BCUT2D eigenvalue weighted by atomic mass is 32.1. The highest BCUT2D eigenvalue weighted by Crippen LogP contribution is 2.36. The molecule has 0 spiro atoms. The zero-order chi connectivity index (χ0) is 10.8. The van der Waals surface area contributed by atoms with Crippen molar-refractivity contribution in [1.82, 2.24) is 10.3 Å². The topological polar surface area (TPSA) is 34.1 Å². The molecule has 3 nitrogen and oxygen atoms in total. The van der Waals surface area contributed by atoms with Crippen LogP contribution in [0.3, 0.4) is 0 Å². The van der Waals surface area contributed by atoms with E-state index in [0.717, 1.165) is 32.1 Å². The van der Waals surface area contributed by atoms with Crippen LogP contribution in [0, 0.1) is 0 Å². The van der Waals surface area contributed by atoms with Gasteiger partial charge < -0.3 is 10.1 Å². The molecule has 1 saturated carbocycles. The fourth-order valence-electron chi connectivity index (χ4n) is 2.27. The van der Waals surface area contributed by atoms with Gasteiger partial charge in [0.15, 0.2) is 0 Å². The molecule has 0 bridgehead atoms. The van der Waals surface area contributed by atoms with Crippen molar-refractivity contribution in [3.63, 3.8) is 0 Å². The third-order valence-electron chi connectivity index (χ3n) is 3.51. The number of ether oxygens (including phenoxy) is 1. The molecule has 88 valence electrons. The first-order chi connectivity index (χ1) is 7.92. The van der Waals surface area contributed by atoms with Gasteiger partial charge in [-0.25, -0.2) is 4.98 Å². The van der Waals surface area contributed by atoms with Crippen molar-refractivity contribution in [3.8, 4) is 0 Å². The molecule has 1 aliphatic heterocycles. The van der Waals surface area contributed by atoms with Crippen molar-refractivity contribution in [2.75, 3.05) is 19.8 Å². The summed E-state index contributed by atoms with van der Waals surface area (Å²) < 4.78 is 5.46. The van der Waals surface area contributed by atoms with Crippen LogP contribution in [-0.2, 0) is 11.2 Å². The van der Waals surface area contributed by atoms with Crippen LogP contribution in [0.25, 0.3) is 0 Å². The third-order valence-corrected chi connectivity index (χ3v) is 4.40. The maximum atomic E-state index is 5.46. The lowest BCUT2D eigenvalue weighted by molar-refractivity contribution is 0.0770. The lowest BCUT2D eigenvalue weighted by Gasteiger charge is -2.24. The zero-order valence-corrected chi connectivity index (χ0v) is 10.3. The number of hydrogen-bond donors (Lipinski definition) is 1. The second kappa shape index (κ2) is 4.82. The van der Waals surface area contributed by atoms with Crippen molar-refractivity contribution in [3.05, 3.63) is 16.1 Å². The quantitative estimate of drug-likeness (QED) is 0.874. The van der Waals surface area contributed by atoms with E-state index in [9.17, 15) is 0 Å². The molecule has 2 aliphatic rings. The maximum absolute atomic E-state index is 5.46. The molecule has 0 amide bonds. The van der Waals surface area contributed by atoms with E-state index in [2.05, 4.69) is 10.7 Å². The van der Waals surface area contributed by atoms with Crippen molar-refractivity contribution >= 4 is 11.3 Å². The largest absolute Gasteiger partial charge is 0.379 e. The SMILES string of the molecule is c1sc(CC2COCCN2)nc1C1CCC1. The first-order valence-corrected chi connectivity index (χ1v) is 7.05. The van der Waals surface area contributed by atoms with Crippen molar-refractivity contribution in [1.29, 1.82) is 0 Å². The number of aromatic nitrogens is 1.